The Labute approximate surface area is 112 Å². The first kappa shape index (κ1) is 13.3. The van der Waals surface area contributed by atoms with E-state index in [1.807, 2.05) is 31.2 Å². The summed E-state index contributed by atoms with van der Waals surface area (Å²) in [5.74, 6) is 7.96. The lowest BCUT2D eigenvalue weighted by atomic mass is 10.1. The van der Waals surface area contributed by atoms with Gasteiger partial charge in [-0.25, -0.2) is 10.8 Å². The first-order valence-corrected chi connectivity index (χ1v) is 6.37. The SMILES string of the molecule is CCc1nc(NN)cc(Oc2ccccc2CC)n1. The van der Waals surface area contributed by atoms with Crippen molar-refractivity contribution in [1.82, 2.24) is 9.97 Å². The second-order valence-corrected chi connectivity index (χ2v) is 4.07. The van der Waals surface area contributed by atoms with Gasteiger partial charge in [0, 0.05) is 12.5 Å². The summed E-state index contributed by atoms with van der Waals surface area (Å²) >= 11 is 0. The highest BCUT2D eigenvalue weighted by molar-refractivity contribution is 5.41. The maximum Gasteiger partial charge on any atom is 0.224 e. The summed E-state index contributed by atoms with van der Waals surface area (Å²) in [6.07, 6.45) is 1.63. The van der Waals surface area contributed by atoms with E-state index in [9.17, 15) is 0 Å². The molecule has 2 aromatic rings. The van der Waals surface area contributed by atoms with E-state index in [1.165, 1.54) is 0 Å². The first-order chi connectivity index (χ1) is 9.26. The number of aryl methyl sites for hydroxylation is 2. The van der Waals surface area contributed by atoms with Crippen LogP contribution < -0.4 is 16.0 Å². The highest BCUT2D eigenvalue weighted by atomic mass is 16.5. The number of hydrogen-bond donors (Lipinski definition) is 2. The van der Waals surface area contributed by atoms with Gasteiger partial charge in [0.25, 0.3) is 0 Å². The number of nitrogens with one attached hydrogen (secondary N) is 1. The lowest BCUT2D eigenvalue weighted by Crippen LogP contribution is -2.10. The minimum atomic E-state index is 0.501. The molecule has 0 aliphatic rings. The zero-order valence-electron chi connectivity index (χ0n) is 11.2. The van der Waals surface area contributed by atoms with Gasteiger partial charge in [0.05, 0.1) is 0 Å². The van der Waals surface area contributed by atoms with Gasteiger partial charge in [0.2, 0.25) is 5.88 Å². The third-order valence-electron chi connectivity index (χ3n) is 2.78. The van der Waals surface area contributed by atoms with E-state index in [0.717, 1.165) is 24.2 Å². The van der Waals surface area contributed by atoms with E-state index in [1.54, 1.807) is 6.07 Å². The maximum atomic E-state index is 5.84. The van der Waals surface area contributed by atoms with Gasteiger partial charge in [-0.15, -0.1) is 0 Å². The fourth-order valence-electron chi connectivity index (χ4n) is 1.77. The minimum Gasteiger partial charge on any atom is -0.439 e. The molecule has 1 heterocycles. The van der Waals surface area contributed by atoms with Gasteiger partial charge < -0.3 is 10.2 Å². The van der Waals surface area contributed by atoms with Gasteiger partial charge in [-0.2, -0.15) is 4.98 Å². The maximum absolute atomic E-state index is 5.84. The van der Waals surface area contributed by atoms with Crippen LogP contribution in [-0.4, -0.2) is 9.97 Å². The van der Waals surface area contributed by atoms with Crippen LogP contribution in [0.25, 0.3) is 0 Å². The summed E-state index contributed by atoms with van der Waals surface area (Å²) in [4.78, 5) is 8.57. The number of ether oxygens (including phenoxy) is 1. The van der Waals surface area contributed by atoms with Gasteiger partial charge in [-0.1, -0.05) is 32.0 Å². The molecule has 0 spiro atoms. The molecule has 0 saturated carbocycles. The smallest absolute Gasteiger partial charge is 0.224 e. The molecule has 100 valence electrons. The largest absolute Gasteiger partial charge is 0.439 e. The Kier molecular flexibility index (Phi) is 4.30. The summed E-state index contributed by atoms with van der Waals surface area (Å²) < 4.78 is 5.84. The van der Waals surface area contributed by atoms with Gasteiger partial charge in [0.15, 0.2) is 0 Å². The number of hydrogen-bond acceptors (Lipinski definition) is 5. The number of para-hydroxylation sites is 1. The van der Waals surface area contributed by atoms with E-state index in [0.29, 0.717) is 17.5 Å². The molecule has 0 amide bonds. The molecule has 0 fully saturated rings. The molecule has 0 saturated heterocycles. The number of nitrogens with zero attached hydrogens (tertiary/aromatic N) is 2. The van der Waals surface area contributed by atoms with Gasteiger partial charge in [-0.05, 0) is 18.1 Å². The van der Waals surface area contributed by atoms with Crippen molar-refractivity contribution in [2.45, 2.75) is 26.7 Å². The molecule has 19 heavy (non-hydrogen) atoms. The van der Waals surface area contributed by atoms with Crippen molar-refractivity contribution < 1.29 is 4.74 Å². The topological polar surface area (TPSA) is 73.1 Å². The van der Waals surface area contributed by atoms with Crippen LogP contribution in [0.15, 0.2) is 30.3 Å². The van der Waals surface area contributed by atoms with Crippen molar-refractivity contribution in [3.63, 3.8) is 0 Å². The van der Waals surface area contributed by atoms with Crippen LogP contribution in [0, 0.1) is 0 Å². The summed E-state index contributed by atoms with van der Waals surface area (Å²) in [7, 11) is 0. The van der Waals surface area contributed by atoms with Gasteiger partial charge >= 0.3 is 0 Å². The summed E-state index contributed by atoms with van der Waals surface area (Å²) in [6, 6.07) is 9.60. The van der Waals surface area contributed by atoms with E-state index in [4.69, 9.17) is 10.6 Å². The van der Waals surface area contributed by atoms with Crippen molar-refractivity contribution in [2.24, 2.45) is 5.84 Å². The number of nitrogen functional groups attached to an aromatic ring is 1. The van der Waals surface area contributed by atoms with E-state index in [-0.39, 0.29) is 0 Å². The molecule has 1 aromatic heterocycles. The fourth-order valence-corrected chi connectivity index (χ4v) is 1.77. The first-order valence-electron chi connectivity index (χ1n) is 6.37. The van der Waals surface area contributed by atoms with E-state index >= 15 is 0 Å². The number of aromatic nitrogens is 2. The van der Waals surface area contributed by atoms with Crippen molar-refractivity contribution in [1.29, 1.82) is 0 Å². The second kappa shape index (κ2) is 6.15. The number of nitrogens with two attached hydrogens (primary N) is 1. The average Bonchev–Trinajstić information content (AvgIpc) is 2.47. The van der Waals surface area contributed by atoms with Crippen LogP contribution in [0.4, 0.5) is 5.82 Å². The zero-order valence-corrected chi connectivity index (χ0v) is 11.2. The quantitative estimate of drug-likeness (QED) is 0.637. The van der Waals surface area contributed by atoms with Gasteiger partial charge in [-0.3, -0.25) is 0 Å². The number of anilines is 1. The van der Waals surface area contributed by atoms with Crippen LogP contribution in [-0.2, 0) is 12.8 Å². The van der Waals surface area contributed by atoms with E-state index < -0.39 is 0 Å². The van der Waals surface area contributed by atoms with Crippen molar-refractivity contribution >= 4 is 5.82 Å². The zero-order chi connectivity index (χ0) is 13.7. The molecule has 0 bridgehead atoms. The monoisotopic (exact) mass is 258 g/mol. The molecule has 1 aromatic carbocycles. The Morgan fingerprint density at radius 3 is 2.63 bits per heavy atom. The molecule has 5 nitrogen and oxygen atoms in total. The normalized spacial score (nSPS) is 10.3. The minimum absolute atomic E-state index is 0.501. The van der Waals surface area contributed by atoms with Crippen LogP contribution in [0.3, 0.4) is 0 Å². The Morgan fingerprint density at radius 2 is 1.95 bits per heavy atom. The van der Waals surface area contributed by atoms with Gasteiger partial charge in [0.1, 0.15) is 17.4 Å². The summed E-state index contributed by atoms with van der Waals surface area (Å²) in [5, 5.41) is 0. The van der Waals surface area contributed by atoms with E-state index in [2.05, 4.69) is 22.3 Å². The molecule has 5 heteroatoms. The second-order valence-electron chi connectivity index (χ2n) is 4.07. The molecule has 0 radical (unpaired) electrons. The number of hydrazine groups is 1. The predicted molar refractivity (Wildman–Crippen MR) is 75.1 cm³/mol. The lowest BCUT2D eigenvalue weighted by molar-refractivity contribution is 0.454. The Morgan fingerprint density at radius 1 is 1.16 bits per heavy atom. The Balaban J connectivity index is 2.32. The third kappa shape index (κ3) is 3.20. The van der Waals surface area contributed by atoms with Crippen molar-refractivity contribution in [3.8, 4) is 11.6 Å². The third-order valence-corrected chi connectivity index (χ3v) is 2.78. The van der Waals surface area contributed by atoms with Crippen LogP contribution in [0.1, 0.15) is 25.2 Å². The Hall–Kier alpha value is -2.14. The highest BCUT2D eigenvalue weighted by Gasteiger charge is 2.07. The highest BCUT2D eigenvalue weighted by Crippen LogP contribution is 2.25. The van der Waals surface area contributed by atoms with Crippen LogP contribution >= 0.6 is 0 Å². The fraction of sp³-hybridized carbons (Fsp3) is 0.286. The molecular formula is C14H18N4O. The summed E-state index contributed by atoms with van der Waals surface area (Å²) in [6.45, 7) is 4.08. The molecule has 0 aliphatic heterocycles. The van der Waals surface area contributed by atoms with Crippen LogP contribution in [0.2, 0.25) is 0 Å². The number of benzene rings is 1. The molecular weight excluding hydrogens is 240 g/mol. The molecule has 0 aliphatic carbocycles. The lowest BCUT2D eigenvalue weighted by Gasteiger charge is -2.10. The summed E-state index contributed by atoms with van der Waals surface area (Å²) in [5.41, 5.74) is 3.67. The van der Waals surface area contributed by atoms with Crippen LogP contribution in [0.5, 0.6) is 11.6 Å². The molecule has 0 unspecified atom stereocenters. The Bertz CT molecular complexity index is 535. The number of rotatable bonds is 5. The standard InChI is InChI=1S/C14H18N4O/c1-3-10-7-5-6-8-11(10)19-14-9-13(18-15)16-12(4-2)17-14/h5-9H,3-4,15H2,1-2H3,(H,16,17,18). The average molecular weight is 258 g/mol. The molecule has 2 rings (SSSR count). The van der Waals surface area contributed by atoms with Crippen molar-refractivity contribution in [2.75, 3.05) is 5.43 Å². The predicted octanol–water partition coefficient (Wildman–Crippen LogP) is 2.68. The molecule has 0 atom stereocenters. The molecule has 3 N–H and O–H groups in total. The van der Waals surface area contributed by atoms with Crippen molar-refractivity contribution in [3.05, 3.63) is 41.7 Å².